The molecule has 1 amide bonds. The van der Waals surface area contributed by atoms with Crippen LogP contribution in [0.5, 0.6) is 0 Å². The van der Waals surface area contributed by atoms with Crippen LogP contribution in [0.15, 0.2) is 0 Å². The van der Waals surface area contributed by atoms with Crippen LogP contribution in [0.25, 0.3) is 0 Å². The molecular formula is C14H24N2O3. The highest BCUT2D eigenvalue weighted by Crippen LogP contribution is 2.28. The van der Waals surface area contributed by atoms with Crippen LogP contribution in [0.2, 0.25) is 0 Å². The summed E-state index contributed by atoms with van der Waals surface area (Å²) in [6, 6.07) is 0. The number of ether oxygens (including phenoxy) is 1. The van der Waals surface area contributed by atoms with E-state index in [-0.39, 0.29) is 17.8 Å². The maximum Gasteiger partial charge on any atom is 0.407 e. The van der Waals surface area contributed by atoms with E-state index in [1.54, 1.807) is 0 Å². The van der Waals surface area contributed by atoms with Crippen LogP contribution in [0.4, 0.5) is 4.79 Å². The molecule has 0 aliphatic heterocycles. The molecule has 0 saturated heterocycles. The molecule has 0 heterocycles. The molecule has 1 aliphatic carbocycles. The summed E-state index contributed by atoms with van der Waals surface area (Å²) in [6.07, 6.45) is 4.00. The highest BCUT2D eigenvalue weighted by atomic mass is 16.6. The minimum atomic E-state index is -0.474. The first-order chi connectivity index (χ1) is 8.81. The van der Waals surface area contributed by atoms with Crippen LogP contribution < -0.4 is 5.32 Å². The minimum absolute atomic E-state index is 0.00952. The Morgan fingerprint density at radius 2 is 1.84 bits per heavy atom. The molecule has 5 nitrogen and oxygen atoms in total. The van der Waals surface area contributed by atoms with Gasteiger partial charge in [-0.1, -0.05) is 0 Å². The molecule has 0 spiro atoms. The normalized spacial score (nSPS) is 23.5. The van der Waals surface area contributed by atoms with E-state index in [0.717, 1.165) is 31.9 Å². The summed E-state index contributed by atoms with van der Waals surface area (Å²) in [6.45, 7) is 6.10. The summed E-state index contributed by atoms with van der Waals surface area (Å²) in [5.41, 5.74) is -0.474. The molecule has 19 heavy (non-hydrogen) atoms. The van der Waals surface area contributed by atoms with Crippen LogP contribution >= 0.6 is 0 Å². The van der Waals surface area contributed by atoms with Gasteiger partial charge >= 0.3 is 6.09 Å². The molecular weight excluding hydrogens is 244 g/mol. The Morgan fingerprint density at radius 1 is 1.26 bits per heavy atom. The molecule has 1 saturated carbocycles. The van der Waals surface area contributed by atoms with Gasteiger partial charge in [-0.15, -0.1) is 0 Å². The Labute approximate surface area is 114 Å². The zero-order chi connectivity index (χ0) is 14.5. The molecule has 0 aromatic rings. The van der Waals surface area contributed by atoms with Gasteiger partial charge in [-0.2, -0.15) is 0 Å². The lowest BCUT2D eigenvalue weighted by Crippen LogP contribution is -2.36. The highest BCUT2D eigenvalue weighted by Gasteiger charge is 2.25. The third-order valence-electron chi connectivity index (χ3n) is 3.33. The topological polar surface area (TPSA) is 79.2 Å². The van der Waals surface area contributed by atoms with E-state index in [1.807, 2.05) is 20.8 Å². The lowest BCUT2D eigenvalue weighted by atomic mass is 9.80. The van der Waals surface area contributed by atoms with E-state index in [4.69, 9.17) is 10.1 Å². The quantitative estimate of drug-likeness (QED) is 0.769. The summed E-state index contributed by atoms with van der Waals surface area (Å²) in [7, 11) is 0. The first-order valence-electron chi connectivity index (χ1n) is 6.83. The van der Waals surface area contributed by atoms with E-state index in [1.165, 1.54) is 0 Å². The van der Waals surface area contributed by atoms with Gasteiger partial charge < -0.3 is 15.5 Å². The van der Waals surface area contributed by atoms with Crippen LogP contribution in [-0.2, 0) is 9.53 Å². The molecule has 2 N–H and O–H groups in total. The van der Waals surface area contributed by atoms with Gasteiger partial charge in [-0.3, -0.25) is 4.79 Å². The Morgan fingerprint density at radius 3 is 2.32 bits per heavy atom. The number of hydrogen-bond acceptors (Lipinski definition) is 4. The van der Waals surface area contributed by atoms with E-state index < -0.39 is 5.60 Å². The monoisotopic (exact) mass is 268 g/mol. The summed E-state index contributed by atoms with van der Waals surface area (Å²) in [4.78, 5) is 22.9. The molecule has 0 aromatic carbocycles. The van der Waals surface area contributed by atoms with Crippen molar-refractivity contribution < 1.29 is 14.3 Å². The second kappa shape index (κ2) is 6.68. The van der Waals surface area contributed by atoms with Crippen molar-refractivity contribution in [3.05, 3.63) is 0 Å². The number of ketones is 1. The van der Waals surface area contributed by atoms with Gasteiger partial charge in [-0.25, -0.2) is 4.79 Å². The molecule has 5 heteroatoms. The summed E-state index contributed by atoms with van der Waals surface area (Å²) < 4.78 is 5.17. The average molecular weight is 268 g/mol. The lowest BCUT2D eigenvalue weighted by Gasteiger charge is -2.27. The zero-order valence-electron chi connectivity index (χ0n) is 12.0. The summed E-state index contributed by atoms with van der Waals surface area (Å²) in [5.74, 6) is 0.344. The van der Waals surface area contributed by atoms with E-state index in [2.05, 4.69) is 5.32 Å². The van der Waals surface area contributed by atoms with Crippen molar-refractivity contribution in [1.29, 1.82) is 5.41 Å². The van der Waals surface area contributed by atoms with Gasteiger partial charge in [0.2, 0.25) is 0 Å². The Bertz CT molecular complexity index is 339. The van der Waals surface area contributed by atoms with Crippen molar-refractivity contribution in [3.8, 4) is 0 Å². The number of carbonyl (C=O) groups excluding carboxylic acids is 2. The van der Waals surface area contributed by atoms with Crippen molar-refractivity contribution in [2.45, 2.75) is 52.1 Å². The number of amides is 1. The number of Topliss-reactive ketones (excluding diaryl/α,β-unsaturated/α-hetero) is 1. The first kappa shape index (κ1) is 15.7. The highest BCUT2D eigenvalue weighted by molar-refractivity contribution is 6.27. The molecule has 0 aromatic heterocycles. The van der Waals surface area contributed by atoms with Crippen LogP contribution in [0.1, 0.15) is 46.5 Å². The Hall–Kier alpha value is -1.39. The van der Waals surface area contributed by atoms with Crippen molar-refractivity contribution in [2.24, 2.45) is 11.8 Å². The van der Waals surface area contributed by atoms with Crippen molar-refractivity contribution in [3.63, 3.8) is 0 Å². The molecule has 1 aliphatic rings. The number of carbonyl (C=O) groups is 2. The predicted molar refractivity (Wildman–Crippen MR) is 73.5 cm³/mol. The Kier molecular flexibility index (Phi) is 5.51. The predicted octanol–water partition coefficient (Wildman–Crippen LogP) is 2.54. The standard InChI is InChI=1S/C14H24N2O3/c1-14(2,3)19-13(18)16-9-10-4-6-11(7-5-10)12(17)8-15/h8,10-11,15H,4-7,9H2,1-3H3,(H,16,18)/t10-,11-. The summed E-state index contributed by atoms with van der Waals surface area (Å²) >= 11 is 0. The Balaban J connectivity index is 2.25. The lowest BCUT2D eigenvalue weighted by molar-refractivity contribution is -0.117. The maximum absolute atomic E-state index is 11.5. The van der Waals surface area contributed by atoms with E-state index in [0.29, 0.717) is 12.5 Å². The molecule has 0 unspecified atom stereocenters. The number of nitrogens with one attached hydrogen (secondary N) is 2. The van der Waals surface area contributed by atoms with Crippen LogP contribution in [0.3, 0.4) is 0 Å². The van der Waals surface area contributed by atoms with Crippen LogP contribution in [-0.4, -0.2) is 30.2 Å². The third-order valence-corrected chi connectivity index (χ3v) is 3.33. The molecule has 0 atom stereocenters. The SMILES string of the molecule is CC(C)(C)OC(=O)NC[C@H]1CC[C@H](C(=O)C=N)CC1. The fourth-order valence-corrected chi connectivity index (χ4v) is 2.31. The molecule has 1 rings (SSSR count). The second-order valence-corrected chi connectivity index (χ2v) is 6.15. The molecule has 1 fully saturated rings. The van der Waals surface area contributed by atoms with E-state index in [9.17, 15) is 9.59 Å². The number of rotatable bonds is 4. The zero-order valence-corrected chi connectivity index (χ0v) is 12.0. The first-order valence-corrected chi connectivity index (χ1v) is 6.83. The fourth-order valence-electron chi connectivity index (χ4n) is 2.31. The van der Waals surface area contributed by atoms with Gasteiger partial charge in [-0.05, 0) is 52.4 Å². The number of hydrogen-bond donors (Lipinski definition) is 2. The van der Waals surface area contributed by atoms with Crippen molar-refractivity contribution in [2.75, 3.05) is 6.54 Å². The fraction of sp³-hybridized carbons (Fsp3) is 0.786. The van der Waals surface area contributed by atoms with Crippen LogP contribution in [0, 0.1) is 17.2 Å². The van der Waals surface area contributed by atoms with Gasteiger partial charge in [0, 0.05) is 12.5 Å². The van der Waals surface area contributed by atoms with E-state index >= 15 is 0 Å². The minimum Gasteiger partial charge on any atom is -0.444 e. The maximum atomic E-state index is 11.5. The molecule has 0 radical (unpaired) electrons. The van der Waals surface area contributed by atoms with Crippen molar-refractivity contribution >= 4 is 18.1 Å². The van der Waals surface area contributed by atoms with Gasteiger partial charge in [0.05, 0.1) is 6.21 Å². The second-order valence-electron chi connectivity index (χ2n) is 6.15. The average Bonchev–Trinajstić information content (AvgIpc) is 2.34. The third kappa shape index (κ3) is 5.85. The number of alkyl carbamates (subject to hydrolysis) is 1. The largest absolute Gasteiger partial charge is 0.444 e. The smallest absolute Gasteiger partial charge is 0.407 e. The van der Waals surface area contributed by atoms with Gasteiger partial charge in [0.1, 0.15) is 5.60 Å². The molecule has 0 bridgehead atoms. The van der Waals surface area contributed by atoms with Gasteiger partial charge in [0.15, 0.2) is 5.78 Å². The molecule has 108 valence electrons. The summed E-state index contributed by atoms with van der Waals surface area (Å²) in [5, 5.41) is 9.74. The van der Waals surface area contributed by atoms with Gasteiger partial charge in [0.25, 0.3) is 0 Å². The van der Waals surface area contributed by atoms with Crippen molar-refractivity contribution in [1.82, 2.24) is 5.32 Å².